The van der Waals surface area contributed by atoms with E-state index in [0.29, 0.717) is 7.11 Å². The zero-order chi connectivity index (χ0) is 15.8. The Bertz CT molecular complexity index is 391. The maximum atomic E-state index is 13.0. The van der Waals surface area contributed by atoms with Crippen LogP contribution in [0, 0.1) is 0 Å². The maximum absolute atomic E-state index is 13.0. The van der Waals surface area contributed by atoms with Gasteiger partial charge < -0.3 is 9.64 Å². The van der Waals surface area contributed by atoms with Crippen molar-refractivity contribution in [3.05, 3.63) is 0 Å². The number of nitrogens with one attached hydrogen (secondary N) is 1. The van der Waals surface area contributed by atoms with Crippen LogP contribution in [0.3, 0.4) is 0 Å². The van der Waals surface area contributed by atoms with Crippen molar-refractivity contribution in [1.82, 2.24) is 10.2 Å². The molecule has 1 saturated heterocycles. The molecule has 0 saturated carbocycles. The van der Waals surface area contributed by atoms with Crippen LogP contribution < -0.4 is 5.32 Å². The highest BCUT2D eigenvalue weighted by molar-refractivity contribution is 5.80. The summed E-state index contributed by atoms with van der Waals surface area (Å²) in [5.74, 6) is -1.35. The van der Waals surface area contributed by atoms with Gasteiger partial charge in [0, 0.05) is 13.0 Å². The third kappa shape index (κ3) is 2.48. The van der Waals surface area contributed by atoms with Gasteiger partial charge in [0.15, 0.2) is 0 Å². The minimum absolute atomic E-state index is 0.171. The van der Waals surface area contributed by atoms with Crippen LogP contribution in [-0.2, 0) is 9.53 Å². The molecule has 0 radical (unpaired) electrons. The normalized spacial score (nSPS) is 17.4. The van der Waals surface area contributed by atoms with E-state index in [1.165, 1.54) is 0 Å². The van der Waals surface area contributed by atoms with Gasteiger partial charge in [0.05, 0.1) is 7.11 Å². The number of hydrogen-bond donors (Lipinski definition) is 1. The third-order valence-electron chi connectivity index (χ3n) is 2.77. The quantitative estimate of drug-likeness (QED) is 0.791. The number of alkyl carbamates (subject to hydrolysis) is 1. The molecule has 2 amide bonds. The zero-order valence-corrected chi connectivity index (χ0v) is 10.1. The largest absolute Gasteiger partial charge is 0.453 e. The molecule has 1 aliphatic heterocycles. The molecule has 0 aliphatic carbocycles. The summed E-state index contributed by atoms with van der Waals surface area (Å²) in [4.78, 5) is 21.8. The minimum atomic E-state index is -5.96. The van der Waals surface area contributed by atoms with Crippen molar-refractivity contribution in [3.63, 3.8) is 0 Å². The number of methoxy groups -OCH3 is 1. The van der Waals surface area contributed by atoms with Crippen molar-refractivity contribution < 1.29 is 40.7 Å². The second-order valence-corrected chi connectivity index (χ2v) is 3.97. The Hall–Kier alpha value is -1.68. The lowest BCUT2D eigenvalue weighted by molar-refractivity contribution is -0.341. The summed E-state index contributed by atoms with van der Waals surface area (Å²) >= 11 is 0. The van der Waals surface area contributed by atoms with Crippen LogP contribution in [0.2, 0.25) is 0 Å². The van der Waals surface area contributed by atoms with Gasteiger partial charge in [-0.05, 0) is 6.42 Å². The predicted molar refractivity (Wildman–Crippen MR) is 51.3 cm³/mol. The second-order valence-electron chi connectivity index (χ2n) is 3.97. The molecule has 1 N–H and O–H groups in total. The van der Waals surface area contributed by atoms with Gasteiger partial charge in [-0.25, -0.2) is 4.79 Å². The zero-order valence-electron chi connectivity index (χ0n) is 10.1. The molecular formula is C9H10F6N2O3. The van der Waals surface area contributed by atoms with Crippen molar-refractivity contribution in [2.75, 3.05) is 13.7 Å². The van der Waals surface area contributed by atoms with E-state index < -0.39 is 47.9 Å². The molecule has 0 bridgehead atoms. The van der Waals surface area contributed by atoms with Crippen LogP contribution >= 0.6 is 0 Å². The highest BCUT2D eigenvalue weighted by atomic mass is 19.4. The smallest absolute Gasteiger partial charge is 0.440 e. The Balaban J connectivity index is 3.42. The van der Waals surface area contributed by atoms with Crippen molar-refractivity contribution in [3.8, 4) is 0 Å². The summed E-state index contributed by atoms with van der Waals surface area (Å²) in [6, 6.07) is 0. The fourth-order valence-electron chi connectivity index (χ4n) is 1.88. The van der Waals surface area contributed by atoms with Gasteiger partial charge in [0.25, 0.3) is 0 Å². The fourth-order valence-corrected chi connectivity index (χ4v) is 1.88. The predicted octanol–water partition coefficient (Wildman–Crippen LogP) is 1.79. The van der Waals surface area contributed by atoms with Gasteiger partial charge in [-0.3, -0.25) is 10.1 Å². The first-order chi connectivity index (χ1) is 8.97. The number of nitrogens with zero attached hydrogens (tertiary/aromatic N) is 1. The Morgan fingerprint density at radius 2 is 1.70 bits per heavy atom. The Morgan fingerprint density at radius 3 is 2.00 bits per heavy atom. The number of amides is 2. The molecule has 116 valence electrons. The number of carbonyl (C=O) groups is 2. The van der Waals surface area contributed by atoms with Crippen LogP contribution in [0.5, 0.6) is 0 Å². The maximum Gasteiger partial charge on any atom is 0.440 e. The lowest BCUT2D eigenvalue weighted by Crippen LogP contribution is -2.76. The van der Waals surface area contributed by atoms with Crippen LogP contribution in [0.15, 0.2) is 0 Å². The standard InChI is InChI=1S/C9H10F6N2O3/c1-20-6(19)16-7(8(10,11)12,9(13,14)15)17-4-2-3-5(17)18/h2-4H2,1H3,(H,16,19). The minimum Gasteiger partial charge on any atom is -0.453 e. The third-order valence-corrected chi connectivity index (χ3v) is 2.77. The van der Waals surface area contributed by atoms with Crippen molar-refractivity contribution >= 4 is 12.0 Å². The van der Waals surface area contributed by atoms with Crippen LogP contribution in [0.4, 0.5) is 31.1 Å². The van der Waals surface area contributed by atoms with Crippen LogP contribution in [-0.4, -0.2) is 48.6 Å². The highest BCUT2D eigenvalue weighted by Crippen LogP contribution is 2.46. The van der Waals surface area contributed by atoms with Gasteiger partial charge in [-0.2, -0.15) is 26.3 Å². The van der Waals surface area contributed by atoms with Crippen molar-refractivity contribution in [2.45, 2.75) is 30.9 Å². The van der Waals surface area contributed by atoms with Crippen molar-refractivity contribution in [1.29, 1.82) is 0 Å². The van der Waals surface area contributed by atoms with E-state index in [4.69, 9.17) is 0 Å². The summed E-state index contributed by atoms with van der Waals surface area (Å²) in [6.45, 7) is -0.776. The number of alkyl halides is 6. The topological polar surface area (TPSA) is 58.6 Å². The molecule has 0 unspecified atom stereocenters. The fraction of sp³-hybridized carbons (Fsp3) is 0.778. The summed E-state index contributed by atoms with van der Waals surface area (Å²) in [7, 11) is 0.610. The van der Waals surface area contributed by atoms with Crippen LogP contribution in [0.25, 0.3) is 0 Å². The van der Waals surface area contributed by atoms with E-state index in [1.807, 2.05) is 0 Å². The van der Waals surface area contributed by atoms with Gasteiger partial charge in [0.1, 0.15) is 0 Å². The van der Waals surface area contributed by atoms with Crippen molar-refractivity contribution in [2.24, 2.45) is 0 Å². The van der Waals surface area contributed by atoms with Gasteiger partial charge in [-0.15, -0.1) is 0 Å². The summed E-state index contributed by atoms with van der Waals surface area (Å²) < 4.78 is 81.9. The molecule has 11 heteroatoms. The SMILES string of the molecule is COC(=O)NC(N1CCCC1=O)(C(F)(F)F)C(F)(F)F. The Kier molecular flexibility index (Phi) is 4.11. The summed E-state index contributed by atoms with van der Waals surface area (Å²) in [6.07, 6.45) is -14.5. The first kappa shape index (κ1) is 16.4. The average Bonchev–Trinajstić information content (AvgIpc) is 2.68. The molecule has 1 aliphatic rings. The number of likely N-dealkylation sites (tertiary alicyclic amines) is 1. The number of ether oxygens (including phenoxy) is 1. The Morgan fingerprint density at radius 1 is 1.20 bits per heavy atom. The molecule has 1 fully saturated rings. The first-order valence-corrected chi connectivity index (χ1v) is 5.27. The number of hydrogen-bond acceptors (Lipinski definition) is 3. The van der Waals surface area contributed by atoms with E-state index in [2.05, 4.69) is 4.74 Å². The molecule has 0 aromatic carbocycles. The number of halogens is 6. The van der Waals surface area contributed by atoms with Gasteiger partial charge >= 0.3 is 24.1 Å². The van der Waals surface area contributed by atoms with E-state index in [-0.39, 0.29) is 6.42 Å². The number of rotatable bonds is 2. The summed E-state index contributed by atoms with van der Waals surface area (Å²) in [5, 5.41) is 0.726. The van der Waals surface area contributed by atoms with Crippen LogP contribution in [0.1, 0.15) is 12.8 Å². The average molecular weight is 308 g/mol. The van der Waals surface area contributed by atoms with Gasteiger partial charge in [0.2, 0.25) is 5.91 Å². The van der Waals surface area contributed by atoms with E-state index in [1.54, 1.807) is 0 Å². The summed E-state index contributed by atoms with van der Waals surface area (Å²) in [5.41, 5.74) is -4.79. The molecule has 20 heavy (non-hydrogen) atoms. The first-order valence-electron chi connectivity index (χ1n) is 5.27. The molecular weight excluding hydrogens is 298 g/mol. The molecule has 5 nitrogen and oxygen atoms in total. The second kappa shape index (κ2) is 5.02. The molecule has 1 rings (SSSR count). The highest BCUT2D eigenvalue weighted by Gasteiger charge is 2.76. The van der Waals surface area contributed by atoms with Gasteiger partial charge in [-0.1, -0.05) is 0 Å². The molecule has 0 spiro atoms. The molecule has 0 atom stereocenters. The number of carbonyl (C=O) groups excluding carboxylic acids is 2. The van der Waals surface area contributed by atoms with E-state index >= 15 is 0 Å². The lowest BCUT2D eigenvalue weighted by atomic mass is 10.1. The molecule has 1 heterocycles. The van der Waals surface area contributed by atoms with E-state index in [0.717, 1.165) is 5.32 Å². The monoisotopic (exact) mass is 308 g/mol. The lowest BCUT2D eigenvalue weighted by Gasteiger charge is -2.43. The molecule has 0 aromatic rings. The molecule has 0 aromatic heterocycles. The Labute approximate surface area is 108 Å². The van der Waals surface area contributed by atoms with E-state index in [9.17, 15) is 35.9 Å².